The van der Waals surface area contributed by atoms with E-state index in [0.29, 0.717) is 17.1 Å². The first-order valence-electron chi connectivity index (χ1n) is 7.36. The topological polar surface area (TPSA) is 112 Å². The summed E-state index contributed by atoms with van der Waals surface area (Å²) in [5, 5.41) is 6.64. The molecule has 0 saturated carbocycles. The van der Waals surface area contributed by atoms with Crippen molar-refractivity contribution in [2.75, 3.05) is 5.32 Å². The third-order valence-corrected chi connectivity index (χ3v) is 3.28. The normalized spacial score (nSPS) is 10.3. The van der Waals surface area contributed by atoms with Gasteiger partial charge in [0.2, 0.25) is 0 Å². The Morgan fingerprint density at radius 3 is 2.68 bits per heavy atom. The Morgan fingerprint density at radius 1 is 1.16 bits per heavy atom. The first-order chi connectivity index (χ1) is 12.0. The van der Waals surface area contributed by atoms with Gasteiger partial charge in [0.05, 0.1) is 18.0 Å². The second-order valence-corrected chi connectivity index (χ2v) is 5.17. The summed E-state index contributed by atoms with van der Waals surface area (Å²) in [7, 11) is 1.77. The molecule has 2 heterocycles. The molecule has 2 aromatic heterocycles. The number of ether oxygens (including phenoxy) is 1. The molecular weight excluding hydrogens is 322 g/mol. The number of nitrogens with one attached hydrogen (secondary N) is 1. The molecule has 0 spiro atoms. The third kappa shape index (κ3) is 3.81. The van der Waals surface area contributed by atoms with Crippen molar-refractivity contribution >= 4 is 17.6 Å². The molecule has 0 unspecified atom stereocenters. The van der Waals surface area contributed by atoms with E-state index >= 15 is 0 Å². The van der Waals surface area contributed by atoms with Crippen molar-refractivity contribution in [2.24, 2.45) is 12.8 Å². The number of hydrogen-bond acceptors (Lipinski definition) is 5. The molecule has 3 rings (SSSR count). The maximum absolute atomic E-state index is 12.5. The predicted molar refractivity (Wildman–Crippen MR) is 90.4 cm³/mol. The van der Waals surface area contributed by atoms with Gasteiger partial charge in [-0.1, -0.05) is 18.2 Å². The number of aryl methyl sites for hydroxylation is 1. The molecule has 0 atom stereocenters. The van der Waals surface area contributed by atoms with E-state index in [1.165, 1.54) is 6.07 Å². The molecule has 1 aromatic carbocycles. The standard InChI is InChI=1S/C17H15N5O3/c1-22-10-11(9-19-22)25-14-7-3-2-5-12(14)17(24)21-15-8-4-6-13(20-15)16(18)23/h2-10H,1H3,(H2,18,23)(H,20,21,24). The lowest BCUT2D eigenvalue weighted by Crippen LogP contribution is -2.17. The minimum atomic E-state index is -0.670. The summed E-state index contributed by atoms with van der Waals surface area (Å²) < 4.78 is 7.31. The molecule has 0 aliphatic heterocycles. The fourth-order valence-corrected chi connectivity index (χ4v) is 2.15. The van der Waals surface area contributed by atoms with Crippen molar-refractivity contribution in [3.8, 4) is 11.5 Å². The first kappa shape index (κ1) is 16.2. The highest BCUT2D eigenvalue weighted by Gasteiger charge is 2.14. The number of carbonyl (C=O) groups is 2. The van der Waals surface area contributed by atoms with Crippen molar-refractivity contribution in [2.45, 2.75) is 0 Å². The third-order valence-electron chi connectivity index (χ3n) is 3.28. The number of rotatable bonds is 5. The molecule has 0 aliphatic carbocycles. The SMILES string of the molecule is Cn1cc(Oc2ccccc2C(=O)Nc2cccc(C(N)=O)n2)cn1. The van der Waals surface area contributed by atoms with Gasteiger partial charge in [-0.25, -0.2) is 4.98 Å². The van der Waals surface area contributed by atoms with Gasteiger partial charge in [0.1, 0.15) is 17.3 Å². The number of nitrogens with zero attached hydrogens (tertiary/aromatic N) is 3. The minimum absolute atomic E-state index is 0.0673. The monoisotopic (exact) mass is 337 g/mol. The van der Waals surface area contributed by atoms with Crippen molar-refractivity contribution < 1.29 is 14.3 Å². The van der Waals surface area contributed by atoms with E-state index in [-0.39, 0.29) is 11.5 Å². The lowest BCUT2D eigenvalue weighted by Gasteiger charge is -2.10. The van der Waals surface area contributed by atoms with Gasteiger partial charge in [-0.3, -0.25) is 14.3 Å². The van der Waals surface area contributed by atoms with Crippen molar-refractivity contribution in [3.63, 3.8) is 0 Å². The highest BCUT2D eigenvalue weighted by molar-refractivity contribution is 6.06. The summed E-state index contributed by atoms with van der Waals surface area (Å²) in [4.78, 5) is 27.7. The Morgan fingerprint density at radius 2 is 1.96 bits per heavy atom. The highest BCUT2D eigenvalue weighted by atomic mass is 16.5. The quantitative estimate of drug-likeness (QED) is 0.739. The summed E-state index contributed by atoms with van der Waals surface area (Å²) in [6.45, 7) is 0. The summed E-state index contributed by atoms with van der Waals surface area (Å²) in [5.41, 5.74) is 5.58. The average Bonchev–Trinajstić information content (AvgIpc) is 3.00. The second-order valence-electron chi connectivity index (χ2n) is 5.17. The zero-order chi connectivity index (χ0) is 17.8. The first-order valence-corrected chi connectivity index (χ1v) is 7.36. The van der Waals surface area contributed by atoms with Crippen LogP contribution in [-0.4, -0.2) is 26.6 Å². The lowest BCUT2D eigenvalue weighted by atomic mass is 10.2. The van der Waals surface area contributed by atoms with Crippen LogP contribution >= 0.6 is 0 Å². The van der Waals surface area contributed by atoms with E-state index < -0.39 is 11.8 Å². The van der Waals surface area contributed by atoms with Crippen LogP contribution in [0.15, 0.2) is 54.9 Å². The summed E-state index contributed by atoms with van der Waals surface area (Å²) in [6.07, 6.45) is 3.24. The van der Waals surface area contributed by atoms with Gasteiger partial charge in [0.25, 0.3) is 11.8 Å². The molecule has 0 fully saturated rings. The van der Waals surface area contributed by atoms with Crippen LogP contribution in [0, 0.1) is 0 Å². The Labute approximate surface area is 143 Å². The molecule has 3 aromatic rings. The van der Waals surface area contributed by atoms with Crippen LogP contribution in [0.4, 0.5) is 5.82 Å². The van der Waals surface area contributed by atoms with Crippen LogP contribution in [0.5, 0.6) is 11.5 Å². The van der Waals surface area contributed by atoms with Gasteiger partial charge in [0, 0.05) is 7.05 Å². The van der Waals surface area contributed by atoms with Crippen molar-refractivity contribution in [1.29, 1.82) is 0 Å². The number of nitrogens with two attached hydrogens (primary N) is 1. The molecule has 0 radical (unpaired) electrons. The molecule has 126 valence electrons. The van der Waals surface area contributed by atoms with Crippen LogP contribution in [0.2, 0.25) is 0 Å². The van der Waals surface area contributed by atoms with E-state index in [1.54, 1.807) is 60.5 Å². The van der Waals surface area contributed by atoms with Gasteiger partial charge in [0.15, 0.2) is 5.75 Å². The Kier molecular flexibility index (Phi) is 4.42. The molecule has 0 bridgehead atoms. The number of hydrogen-bond donors (Lipinski definition) is 2. The Hall–Kier alpha value is -3.68. The molecular formula is C17H15N5O3. The van der Waals surface area contributed by atoms with Gasteiger partial charge < -0.3 is 15.8 Å². The summed E-state index contributed by atoms with van der Waals surface area (Å²) >= 11 is 0. The largest absolute Gasteiger partial charge is 0.453 e. The molecule has 8 nitrogen and oxygen atoms in total. The Balaban J connectivity index is 1.83. The smallest absolute Gasteiger partial charge is 0.267 e. The van der Waals surface area contributed by atoms with Gasteiger partial charge >= 0.3 is 0 Å². The number of para-hydroxylation sites is 1. The number of anilines is 1. The predicted octanol–water partition coefficient (Wildman–Crippen LogP) is 1.96. The maximum Gasteiger partial charge on any atom is 0.267 e. The molecule has 2 amide bonds. The summed E-state index contributed by atoms with van der Waals surface area (Å²) in [6, 6.07) is 11.4. The van der Waals surface area contributed by atoms with Crippen molar-refractivity contribution in [1.82, 2.24) is 14.8 Å². The number of primary amides is 1. The second kappa shape index (κ2) is 6.83. The number of amides is 2. The minimum Gasteiger partial charge on any atom is -0.453 e. The van der Waals surface area contributed by atoms with Crippen LogP contribution in [0.25, 0.3) is 0 Å². The zero-order valence-corrected chi connectivity index (χ0v) is 13.3. The molecule has 25 heavy (non-hydrogen) atoms. The summed E-state index contributed by atoms with van der Waals surface area (Å²) in [5.74, 6) is 0.0122. The van der Waals surface area contributed by atoms with Crippen LogP contribution in [0.3, 0.4) is 0 Å². The van der Waals surface area contributed by atoms with Crippen LogP contribution in [-0.2, 0) is 7.05 Å². The van der Waals surface area contributed by atoms with Gasteiger partial charge in [-0.05, 0) is 24.3 Å². The van der Waals surface area contributed by atoms with Gasteiger partial charge in [-0.2, -0.15) is 5.10 Å². The number of benzene rings is 1. The van der Waals surface area contributed by atoms with E-state index in [9.17, 15) is 9.59 Å². The fraction of sp³-hybridized carbons (Fsp3) is 0.0588. The van der Waals surface area contributed by atoms with E-state index in [4.69, 9.17) is 10.5 Å². The Bertz CT molecular complexity index is 935. The molecule has 8 heteroatoms. The van der Waals surface area contributed by atoms with E-state index in [0.717, 1.165) is 0 Å². The average molecular weight is 337 g/mol. The molecule has 0 aliphatic rings. The number of carbonyl (C=O) groups excluding carboxylic acids is 2. The van der Waals surface area contributed by atoms with E-state index in [2.05, 4.69) is 15.4 Å². The highest BCUT2D eigenvalue weighted by Crippen LogP contribution is 2.25. The van der Waals surface area contributed by atoms with Crippen molar-refractivity contribution in [3.05, 3.63) is 66.1 Å². The number of pyridine rings is 1. The van der Waals surface area contributed by atoms with Gasteiger partial charge in [-0.15, -0.1) is 0 Å². The number of aromatic nitrogens is 3. The molecule has 0 saturated heterocycles. The molecule has 3 N–H and O–H groups in total. The fourth-order valence-electron chi connectivity index (χ4n) is 2.15. The lowest BCUT2D eigenvalue weighted by molar-refractivity contribution is 0.0990. The van der Waals surface area contributed by atoms with E-state index in [1.807, 2.05) is 0 Å². The maximum atomic E-state index is 12.5. The zero-order valence-electron chi connectivity index (χ0n) is 13.3. The van der Waals surface area contributed by atoms with Crippen LogP contribution < -0.4 is 15.8 Å². The van der Waals surface area contributed by atoms with Crippen LogP contribution in [0.1, 0.15) is 20.8 Å².